The SMILES string of the molecule is CC(CN)C(=O)OC1(c2ccccc2)CCNCC1. The van der Waals surface area contributed by atoms with Crippen LogP contribution in [0, 0.1) is 5.92 Å². The molecule has 3 N–H and O–H groups in total. The summed E-state index contributed by atoms with van der Waals surface area (Å²) in [6, 6.07) is 10.0. The fraction of sp³-hybridized carbons (Fsp3) is 0.533. The van der Waals surface area contributed by atoms with E-state index in [4.69, 9.17) is 10.5 Å². The average molecular weight is 262 g/mol. The molecule has 1 heterocycles. The number of piperidine rings is 1. The molecule has 0 spiro atoms. The first-order chi connectivity index (χ1) is 9.18. The van der Waals surface area contributed by atoms with E-state index in [1.807, 2.05) is 37.3 Å². The van der Waals surface area contributed by atoms with Crippen molar-refractivity contribution in [2.24, 2.45) is 11.7 Å². The van der Waals surface area contributed by atoms with Crippen molar-refractivity contribution in [2.45, 2.75) is 25.4 Å². The van der Waals surface area contributed by atoms with E-state index in [-0.39, 0.29) is 11.9 Å². The number of esters is 1. The molecule has 0 aliphatic carbocycles. The Balaban J connectivity index is 2.23. The van der Waals surface area contributed by atoms with E-state index in [9.17, 15) is 4.79 Å². The highest BCUT2D eigenvalue weighted by molar-refractivity contribution is 5.73. The molecule has 1 aliphatic heterocycles. The molecular formula is C15H22N2O2. The van der Waals surface area contributed by atoms with Gasteiger partial charge in [0, 0.05) is 19.4 Å². The summed E-state index contributed by atoms with van der Waals surface area (Å²) in [5, 5.41) is 3.31. The number of benzene rings is 1. The molecule has 104 valence electrons. The minimum Gasteiger partial charge on any atom is -0.454 e. The third kappa shape index (κ3) is 3.14. The first-order valence-electron chi connectivity index (χ1n) is 6.87. The van der Waals surface area contributed by atoms with Gasteiger partial charge in [-0.1, -0.05) is 37.3 Å². The third-order valence-corrected chi connectivity index (χ3v) is 3.76. The number of nitrogens with two attached hydrogens (primary N) is 1. The lowest BCUT2D eigenvalue weighted by molar-refractivity contribution is -0.168. The largest absolute Gasteiger partial charge is 0.454 e. The van der Waals surface area contributed by atoms with Gasteiger partial charge in [-0.25, -0.2) is 0 Å². The second-order valence-corrected chi connectivity index (χ2v) is 5.17. The van der Waals surface area contributed by atoms with Crippen molar-refractivity contribution in [3.05, 3.63) is 35.9 Å². The van der Waals surface area contributed by atoms with Gasteiger partial charge in [0.15, 0.2) is 0 Å². The Hall–Kier alpha value is -1.39. The molecule has 19 heavy (non-hydrogen) atoms. The fourth-order valence-electron chi connectivity index (χ4n) is 2.41. The summed E-state index contributed by atoms with van der Waals surface area (Å²) in [5.74, 6) is -0.455. The summed E-state index contributed by atoms with van der Waals surface area (Å²) in [7, 11) is 0. The molecule has 1 aliphatic rings. The van der Waals surface area contributed by atoms with E-state index in [0.29, 0.717) is 6.54 Å². The highest BCUT2D eigenvalue weighted by Gasteiger charge is 2.38. The normalized spacial score (nSPS) is 19.7. The molecule has 4 heteroatoms. The van der Waals surface area contributed by atoms with E-state index < -0.39 is 5.60 Å². The number of carbonyl (C=O) groups excluding carboxylic acids is 1. The van der Waals surface area contributed by atoms with Crippen molar-refractivity contribution >= 4 is 5.97 Å². The first-order valence-corrected chi connectivity index (χ1v) is 6.87. The number of nitrogens with one attached hydrogen (secondary N) is 1. The van der Waals surface area contributed by atoms with Gasteiger partial charge < -0.3 is 15.8 Å². The molecule has 0 amide bonds. The van der Waals surface area contributed by atoms with Crippen LogP contribution in [0.5, 0.6) is 0 Å². The summed E-state index contributed by atoms with van der Waals surface area (Å²) < 4.78 is 5.86. The third-order valence-electron chi connectivity index (χ3n) is 3.76. The highest BCUT2D eigenvalue weighted by atomic mass is 16.6. The van der Waals surface area contributed by atoms with E-state index in [1.165, 1.54) is 0 Å². The van der Waals surface area contributed by atoms with Crippen molar-refractivity contribution in [1.82, 2.24) is 5.32 Å². The molecule has 1 aromatic rings. The maximum atomic E-state index is 12.1. The van der Waals surface area contributed by atoms with Gasteiger partial charge in [-0.15, -0.1) is 0 Å². The minimum atomic E-state index is -0.493. The monoisotopic (exact) mass is 262 g/mol. The van der Waals surface area contributed by atoms with Gasteiger partial charge in [-0.05, 0) is 18.7 Å². The number of hydrogen-bond acceptors (Lipinski definition) is 4. The Labute approximate surface area is 114 Å². The maximum Gasteiger partial charge on any atom is 0.310 e. The molecule has 2 rings (SSSR count). The molecule has 1 unspecified atom stereocenters. The van der Waals surface area contributed by atoms with Crippen LogP contribution in [0.1, 0.15) is 25.3 Å². The molecule has 1 saturated heterocycles. The fourth-order valence-corrected chi connectivity index (χ4v) is 2.41. The topological polar surface area (TPSA) is 64.4 Å². The van der Waals surface area contributed by atoms with Gasteiger partial charge in [-0.2, -0.15) is 0 Å². The van der Waals surface area contributed by atoms with Gasteiger partial charge in [0.2, 0.25) is 0 Å². The molecule has 1 aromatic carbocycles. The smallest absolute Gasteiger partial charge is 0.310 e. The van der Waals surface area contributed by atoms with Crippen LogP contribution in [0.4, 0.5) is 0 Å². The molecule has 1 atom stereocenters. The predicted octanol–water partition coefficient (Wildman–Crippen LogP) is 1.40. The standard InChI is InChI=1S/C15H22N2O2/c1-12(11-16)14(18)19-15(7-9-17-10-8-15)13-5-3-2-4-6-13/h2-6,12,17H,7-11,16H2,1H3. The van der Waals surface area contributed by atoms with E-state index in [1.54, 1.807) is 0 Å². The van der Waals surface area contributed by atoms with Gasteiger partial charge >= 0.3 is 5.97 Å². The number of hydrogen-bond donors (Lipinski definition) is 2. The Morgan fingerprint density at radius 2 is 2.00 bits per heavy atom. The lowest BCUT2D eigenvalue weighted by atomic mass is 9.84. The van der Waals surface area contributed by atoms with Crippen LogP contribution in [0.3, 0.4) is 0 Å². The minimum absolute atomic E-state index is 0.201. The van der Waals surface area contributed by atoms with Crippen molar-refractivity contribution in [3.63, 3.8) is 0 Å². The zero-order valence-corrected chi connectivity index (χ0v) is 11.4. The molecule has 0 radical (unpaired) electrons. The summed E-state index contributed by atoms with van der Waals surface area (Å²) >= 11 is 0. The average Bonchev–Trinajstić information content (AvgIpc) is 2.48. The lowest BCUT2D eigenvalue weighted by Crippen LogP contribution is -2.44. The second kappa shape index (κ2) is 6.17. The molecule has 0 saturated carbocycles. The molecular weight excluding hydrogens is 240 g/mol. The Kier molecular flexibility index (Phi) is 4.56. The lowest BCUT2D eigenvalue weighted by Gasteiger charge is -2.38. The highest BCUT2D eigenvalue weighted by Crippen LogP contribution is 2.35. The number of rotatable bonds is 4. The number of carbonyl (C=O) groups is 1. The zero-order chi connectivity index (χ0) is 13.7. The van der Waals surface area contributed by atoms with E-state index in [2.05, 4.69) is 5.32 Å². The van der Waals surface area contributed by atoms with Gasteiger partial charge in [-0.3, -0.25) is 4.79 Å². The molecule has 1 fully saturated rings. The Morgan fingerprint density at radius 3 is 2.58 bits per heavy atom. The summed E-state index contributed by atoms with van der Waals surface area (Å²) in [5.41, 5.74) is 6.13. The van der Waals surface area contributed by atoms with Crippen LogP contribution in [-0.4, -0.2) is 25.6 Å². The van der Waals surface area contributed by atoms with Gasteiger partial charge in [0.25, 0.3) is 0 Å². The Morgan fingerprint density at radius 1 is 1.37 bits per heavy atom. The van der Waals surface area contributed by atoms with E-state index in [0.717, 1.165) is 31.5 Å². The zero-order valence-electron chi connectivity index (χ0n) is 11.4. The van der Waals surface area contributed by atoms with Crippen LogP contribution in [0.2, 0.25) is 0 Å². The molecule has 4 nitrogen and oxygen atoms in total. The van der Waals surface area contributed by atoms with Crippen molar-refractivity contribution in [3.8, 4) is 0 Å². The van der Waals surface area contributed by atoms with Crippen molar-refractivity contribution < 1.29 is 9.53 Å². The molecule has 0 aromatic heterocycles. The van der Waals surface area contributed by atoms with Gasteiger partial charge in [0.05, 0.1) is 5.92 Å². The van der Waals surface area contributed by atoms with Crippen LogP contribution < -0.4 is 11.1 Å². The maximum absolute atomic E-state index is 12.1. The van der Waals surface area contributed by atoms with E-state index >= 15 is 0 Å². The van der Waals surface area contributed by atoms with Crippen LogP contribution in [0.15, 0.2) is 30.3 Å². The van der Waals surface area contributed by atoms with Crippen molar-refractivity contribution in [2.75, 3.05) is 19.6 Å². The van der Waals surface area contributed by atoms with Crippen LogP contribution >= 0.6 is 0 Å². The van der Waals surface area contributed by atoms with Crippen molar-refractivity contribution in [1.29, 1.82) is 0 Å². The second-order valence-electron chi connectivity index (χ2n) is 5.17. The predicted molar refractivity (Wildman–Crippen MR) is 74.5 cm³/mol. The number of ether oxygens (including phenoxy) is 1. The van der Waals surface area contributed by atoms with Crippen LogP contribution in [-0.2, 0) is 15.1 Å². The van der Waals surface area contributed by atoms with Gasteiger partial charge in [0.1, 0.15) is 5.60 Å². The quantitative estimate of drug-likeness (QED) is 0.805. The molecule has 0 bridgehead atoms. The summed E-state index contributed by atoms with van der Waals surface area (Å²) in [6.07, 6.45) is 1.61. The first kappa shape index (κ1) is 14.0. The Bertz CT molecular complexity index is 413. The summed E-state index contributed by atoms with van der Waals surface area (Å²) in [4.78, 5) is 12.1. The summed E-state index contributed by atoms with van der Waals surface area (Å²) in [6.45, 7) is 3.85. The van der Waals surface area contributed by atoms with Crippen LogP contribution in [0.25, 0.3) is 0 Å².